The Morgan fingerprint density at radius 2 is 2.06 bits per heavy atom. The van der Waals surface area contributed by atoms with Crippen LogP contribution < -0.4 is 5.56 Å². The van der Waals surface area contributed by atoms with Gasteiger partial charge in [0.25, 0.3) is 5.56 Å². The van der Waals surface area contributed by atoms with Crippen molar-refractivity contribution in [3.63, 3.8) is 0 Å². The molecule has 0 amide bonds. The molecule has 4 nitrogen and oxygen atoms in total. The first kappa shape index (κ1) is 10.4. The van der Waals surface area contributed by atoms with E-state index in [0.29, 0.717) is 5.52 Å². The van der Waals surface area contributed by atoms with E-state index < -0.39 is 11.9 Å². The molecule has 1 unspecified atom stereocenters. The zero-order chi connectivity index (χ0) is 11.7. The molecule has 0 spiro atoms. The number of aromatic nitrogens is 1. The van der Waals surface area contributed by atoms with E-state index in [9.17, 15) is 9.59 Å². The first-order valence-electron chi connectivity index (χ1n) is 4.94. The van der Waals surface area contributed by atoms with Crippen LogP contribution in [0.1, 0.15) is 18.4 Å². The maximum Gasteiger partial charge on any atom is 0.310 e. The van der Waals surface area contributed by atoms with Crippen LogP contribution in [0, 0.1) is 0 Å². The molecule has 0 fully saturated rings. The predicted octanol–water partition coefficient (Wildman–Crippen LogP) is 1.72. The van der Waals surface area contributed by atoms with Gasteiger partial charge in [-0.2, -0.15) is 0 Å². The fourth-order valence-electron chi connectivity index (χ4n) is 1.62. The fraction of sp³-hybridized carbons (Fsp3) is 0.167. The van der Waals surface area contributed by atoms with Gasteiger partial charge in [-0.05, 0) is 24.4 Å². The number of aromatic amines is 1. The van der Waals surface area contributed by atoms with E-state index >= 15 is 0 Å². The number of fused-ring (bicyclic) bond motifs is 1. The van der Waals surface area contributed by atoms with Crippen LogP contribution in [0.4, 0.5) is 0 Å². The summed E-state index contributed by atoms with van der Waals surface area (Å²) >= 11 is 0. The number of pyridine rings is 1. The third-order valence-electron chi connectivity index (χ3n) is 2.62. The third-order valence-corrected chi connectivity index (χ3v) is 2.62. The summed E-state index contributed by atoms with van der Waals surface area (Å²) in [6.45, 7) is 1.50. The van der Waals surface area contributed by atoms with Gasteiger partial charge in [0.2, 0.25) is 0 Å². The van der Waals surface area contributed by atoms with Crippen molar-refractivity contribution in [2.75, 3.05) is 0 Å². The number of hydrogen-bond acceptors (Lipinski definition) is 2. The molecule has 1 aromatic carbocycles. The smallest absolute Gasteiger partial charge is 0.310 e. The van der Waals surface area contributed by atoms with Crippen molar-refractivity contribution in [2.24, 2.45) is 0 Å². The van der Waals surface area contributed by atoms with Crippen molar-refractivity contribution >= 4 is 16.9 Å². The molecule has 4 heteroatoms. The normalized spacial score (nSPS) is 12.6. The van der Waals surface area contributed by atoms with Crippen molar-refractivity contribution in [3.8, 4) is 0 Å². The van der Waals surface area contributed by atoms with E-state index in [4.69, 9.17) is 5.11 Å². The molecule has 2 N–H and O–H groups in total. The largest absolute Gasteiger partial charge is 0.481 e. The lowest BCUT2D eigenvalue weighted by molar-refractivity contribution is -0.138. The fourth-order valence-corrected chi connectivity index (χ4v) is 1.62. The van der Waals surface area contributed by atoms with E-state index in [1.165, 1.54) is 6.92 Å². The number of hydrogen-bond donors (Lipinski definition) is 2. The summed E-state index contributed by atoms with van der Waals surface area (Å²) in [6.07, 6.45) is 0. The molecule has 16 heavy (non-hydrogen) atoms. The Morgan fingerprint density at radius 3 is 2.75 bits per heavy atom. The van der Waals surface area contributed by atoms with E-state index in [1.54, 1.807) is 12.1 Å². The van der Waals surface area contributed by atoms with Crippen LogP contribution in [0.3, 0.4) is 0 Å². The SMILES string of the molecule is CC(C(=O)O)c1cc2ccccc2[nH]c1=O. The summed E-state index contributed by atoms with van der Waals surface area (Å²) in [5.74, 6) is -1.80. The van der Waals surface area contributed by atoms with E-state index in [1.807, 2.05) is 18.2 Å². The molecule has 2 aromatic rings. The molecule has 1 aromatic heterocycles. The Bertz CT molecular complexity index is 600. The van der Waals surface area contributed by atoms with Crippen LogP contribution in [-0.2, 0) is 4.79 Å². The van der Waals surface area contributed by atoms with Gasteiger partial charge in [-0.1, -0.05) is 18.2 Å². The number of carboxylic acid groups (broad SMARTS) is 1. The first-order valence-corrected chi connectivity index (χ1v) is 4.94. The van der Waals surface area contributed by atoms with Gasteiger partial charge in [0.1, 0.15) is 0 Å². The number of H-pyrrole nitrogens is 1. The highest BCUT2D eigenvalue weighted by atomic mass is 16.4. The summed E-state index contributed by atoms with van der Waals surface area (Å²) < 4.78 is 0. The van der Waals surface area contributed by atoms with Gasteiger partial charge in [0.05, 0.1) is 5.92 Å². The lowest BCUT2D eigenvalue weighted by atomic mass is 10.0. The summed E-state index contributed by atoms with van der Waals surface area (Å²) in [6, 6.07) is 8.91. The highest BCUT2D eigenvalue weighted by Gasteiger charge is 2.17. The highest BCUT2D eigenvalue weighted by molar-refractivity contribution is 5.81. The molecule has 0 aliphatic carbocycles. The van der Waals surface area contributed by atoms with Gasteiger partial charge in [-0.25, -0.2) is 0 Å². The number of para-hydroxylation sites is 1. The maximum atomic E-state index is 11.7. The molecule has 0 aliphatic heterocycles. The Labute approximate surface area is 91.5 Å². The van der Waals surface area contributed by atoms with Crippen molar-refractivity contribution in [2.45, 2.75) is 12.8 Å². The molecule has 0 aliphatic rings. The van der Waals surface area contributed by atoms with E-state index in [2.05, 4.69) is 4.98 Å². The monoisotopic (exact) mass is 217 g/mol. The topological polar surface area (TPSA) is 70.2 Å². The maximum absolute atomic E-state index is 11.7. The summed E-state index contributed by atoms with van der Waals surface area (Å²) in [4.78, 5) is 25.2. The average Bonchev–Trinajstić information content (AvgIpc) is 2.27. The van der Waals surface area contributed by atoms with Crippen molar-refractivity contribution in [3.05, 3.63) is 46.2 Å². The second-order valence-corrected chi connectivity index (χ2v) is 3.70. The molecule has 0 saturated heterocycles. The zero-order valence-electron chi connectivity index (χ0n) is 8.73. The Hall–Kier alpha value is -2.10. The summed E-state index contributed by atoms with van der Waals surface area (Å²) in [5, 5.41) is 9.72. The van der Waals surface area contributed by atoms with Gasteiger partial charge in [0, 0.05) is 11.1 Å². The molecule has 1 atom stereocenters. The standard InChI is InChI=1S/C12H11NO3/c1-7(12(15)16)9-6-8-4-2-3-5-10(8)13-11(9)14/h2-7H,1H3,(H,13,14)(H,15,16). The number of aliphatic carboxylic acids is 1. The van der Waals surface area contributed by atoms with E-state index in [0.717, 1.165) is 5.39 Å². The number of carboxylic acids is 1. The second-order valence-electron chi connectivity index (χ2n) is 3.70. The molecular weight excluding hydrogens is 206 g/mol. The van der Waals surface area contributed by atoms with Gasteiger partial charge >= 0.3 is 5.97 Å². The molecule has 0 bridgehead atoms. The Kier molecular flexibility index (Phi) is 2.48. The van der Waals surface area contributed by atoms with Crippen LogP contribution in [-0.4, -0.2) is 16.1 Å². The van der Waals surface area contributed by atoms with Crippen molar-refractivity contribution in [1.82, 2.24) is 4.98 Å². The predicted molar refractivity (Wildman–Crippen MR) is 60.6 cm³/mol. The van der Waals surface area contributed by atoms with E-state index in [-0.39, 0.29) is 11.1 Å². The first-order chi connectivity index (χ1) is 7.59. The zero-order valence-corrected chi connectivity index (χ0v) is 8.73. The summed E-state index contributed by atoms with van der Waals surface area (Å²) in [5.41, 5.74) is 0.661. The Balaban J connectivity index is 2.67. The highest BCUT2D eigenvalue weighted by Crippen LogP contribution is 2.16. The van der Waals surface area contributed by atoms with Gasteiger partial charge in [0.15, 0.2) is 0 Å². The minimum atomic E-state index is -0.999. The molecule has 0 radical (unpaired) electrons. The lowest BCUT2D eigenvalue weighted by Gasteiger charge is -2.06. The van der Waals surface area contributed by atoms with Crippen LogP contribution in [0.25, 0.3) is 10.9 Å². The average molecular weight is 217 g/mol. The lowest BCUT2D eigenvalue weighted by Crippen LogP contribution is -2.19. The van der Waals surface area contributed by atoms with Crippen LogP contribution >= 0.6 is 0 Å². The number of carbonyl (C=O) groups is 1. The van der Waals surface area contributed by atoms with Gasteiger partial charge < -0.3 is 10.1 Å². The summed E-state index contributed by atoms with van der Waals surface area (Å²) in [7, 11) is 0. The minimum Gasteiger partial charge on any atom is -0.481 e. The molecule has 2 rings (SSSR count). The second kappa shape index (κ2) is 3.81. The number of benzene rings is 1. The van der Waals surface area contributed by atoms with Crippen LogP contribution in [0.5, 0.6) is 0 Å². The third kappa shape index (κ3) is 1.69. The Morgan fingerprint density at radius 1 is 1.38 bits per heavy atom. The van der Waals surface area contributed by atoms with Crippen LogP contribution in [0.15, 0.2) is 35.1 Å². The molecule has 82 valence electrons. The van der Waals surface area contributed by atoms with Crippen molar-refractivity contribution < 1.29 is 9.90 Å². The molecular formula is C12H11NO3. The number of nitrogens with one attached hydrogen (secondary N) is 1. The molecule has 0 saturated carbocycles. The molecule has 1 heterocycles. The quantitative estimate of drug-likeness (QED) is 0.804. The van der Waals surface area contributed by atoms with Crippen LogP contribution in [0.2, 0.25) is 0 Å². The van der Waals surface area contributed by atoms with Gasteiger partial charge in [-0.15, -0.1) is 0 Å². The van der Waals surface area contributed by atoms with Crippen molar-refractivity contribution in [1.29, 1.82) is 0 Å². The minimum absolute atomic E-state index is 0.284. The van der Waals surface area contributed by atoms with Gasteiger partial charge in [-0.3, -0.25) is 9.59 Å². The number of rotatable bonds is 2.